The van der Waals surface area contributed by atoms with Crippen LogP contribution in [-0.4, -0.2) is 20.7 Å². The quantitative estimate of drug-likeness (QED) is 0.390. The first-order chi connectivity index (χ1) is 7.69. The van der Waals surface area contributed by atoms with Crippen molar-refractivity contribution in [2.75, 3.05) is 0 Å². The normalized spacial score (nSPS) is 16.1. The first-order valence-electron chi connectivity index (χ1n) is 6.06. The van der Waals surface area contributed by atoms with Crippen LogP contribution in [0.4, 0.5) is 0 Å². The fourth-order valence-electron chi connectivity index (χ4n) is 1.29. The molecule has 0 bridgehead atoms. The highest BCUT2D eigenvalue weighted by Crippen LogP contribution is 2.38. The number of hydrogen-bond acceptors (Lipinski definition) is 2. The lowest BCUT2D eigenvalue weighted by atomic mass is 10.0. The van der Waals surface area contributed by atoms with Gasteiger partial charge in [-0.25, -0.2) is 0 Å². The van der Waals surface area contributed by atoms with Crippen molar-refractivity contribution < 1.29 is 9.22 Å². The third-order valence-electron chi connectivity index (χ3n) is 3.50. The summed E-state index contributed by atoms with van der Waals surface area (Å²) in [6, 6.07) is 0. The Morgan fingerprint density at radius 1 is 1.29 bits per heavy atom. The van der Waals surface area contributed by atoms with Gasteiger partial charge in [-0.15, -0.1) is 13.2 Å². The van der Waals surface area contributed by atoms with Gasteiger partial charge in [0.15, 0.2) is 8.32 Å². The molecule has 0 saturated heterocycles. The van der Waals surface area contributed by atoms with Gasteiger partial charge in [-0.3, -0.25) is 0 Å². The highest BCUT2D eigenvalue weighted by atomic mass is 28.4. The van der Waals surface area contributed by atoms with Crippen LogP contribution in [0.3, 0.4) is 0 Å². The summed E-state index contributed by atoms with van der Waals surface area (Å²) < 4.78 is 6.20. The van der Waals surface area contributed by atoms with Crippen molar-refractivity contribution in [2.24, 2.45) is 5.92 Å². The van der Waals surface area contributed by atoms with Gasteiger partial charge in [-0.2, -0.15) is 0 Å². The van der Waals surface area contributed by atoms with Gasteiger partial charge in [-0.1, -0.05) is 32.9 Å². The molecule has 17 heavy (non-hydrogen) atoms. The van der Waals surface area contributed by atoms with Gasteiger partial charge in [0.2, 0.25) is 0 Å². The lowest BCUT2D eigenvalue weighted by molar-refractivity contribution is -0.113. The number of hydrogen-bond donors (Lipinski definition) is 0. The predicted octanol–water partition coefficient (Wildman–Crippen LogP) is 3.95. The molecule has 0 aromatic heterocycles. The summed E-state index contributed by atoms with van der Waals surface area (Å²) in [5.74, 6) is -0.167. The highest BCUT2D eigenvalue weighted by molar-refractivity contribution is 6.74. The standard InChI is InChI=1S/C14H26O2Si/c1-8-10-12(11-15)13(9-2)16-17(6,7)14(3,4)5/h8-9,11-13H,1-2,10H2,3-7H3. The smallest absolute Gasteiger partial charge is 0.192 e. The molecule has 2 atom stereocenters. The van der Waals surface area contributed by atoms with Crippen LogP contribution < -0.4 is 0 Å². The zero-order valence-corrected chi connectivity index (χ0v) is 12.8. The van der Waals surface area contributed by atoms with Crippen LogP contribution in [0.15, 0.2) is 25.3 Å². The molecular weight excluding hydrogens is 228 g/mol. The maximum absolute atomic E-state index is 11.1. The molecule has 0 aliphatic heterocycles. The minimum Gasteiger partial charge on any atom is -0.410 e. The molecule has 2 nitrogen and oxygen atoms in total. The van der Waals surface area contributed by atoms with Gasteiger partial charge in [0.05, 0.1) is 6.10 Å². The Bertz CT molecular complexity index is 276. The van der Waals surface area contributed by atoms with Crippen molar-refractivity contribution in [3.05, 3.63) is 25.3 Å². The average molecular weight is 254 g/mol. The van der Waals surface area contributed by atoms with Crippen LogP contribution in [0, 0.1) is 5.92 Å². The molecule has 0 aliphatic rings. The monoisotopic (exact) mass is 254 g/mol. The first kappa shape index (κ1) is 16.3. The molecule has 2 unspecified atom stereocenters. The van der Waals surface area contributed by atoms with E-state index in [0.717, 1.165) is 6.29 Å². The number of aldehydes is 1. The largest absolute Gasteiger partial charge is 0.410 e. The lowest BCUT2D eigenvalue weighted by Crippen LogP contribution is -2.45. The minimum absolute atomic E-state index is 0.135. The number of carbonyl (C=O) groups excluding carboxylic acids is 1. The maximum Gasteiger partial charge on any atom is 0.192 e. The van der Waals surface area contributed by atoms with Crippen molar-refractivity contribution in [1.82, 2.24) is 0 Å². The van der Waals surface area contributed by atoms with E-state index in [1.165, 1.54) is 0 Å². The first-order valence-corrected chi connectivity index (χ1v) is 8.97. The van der Waals surface area contributed by atoms with E-state index in [1.54, 1.807) is 12.2 Å². The van der Waals surface area contributed by atoms with Crippen molar-refractivity contribution in [2.45, 2.75) is 51.4 Å². The summed E-state index contributed by atoms with van der Waals surface area (Å²) in [5.41, 5.74) is 0. The van der Waals surface area contributed by atoms with Crippen LogP contribution >= 0.6 is 0 Å². The maximum atomic E-state index is 11.1. The molecule has 0 radical (unpaired) electrons. The van der Waals surface area contributed by atoms with E-state index in [1.807, 2.05) is 0 Å². The molecule has 0 amide bonds. The number of rotatable bonds is 7. The zero-order chi connectivity index (χ0) is 13.7. The van der Waals surface area contributed by atoms with Gasteiger partial charge in [0.25, 0.3) is 0 Å². The van der Waals surface area contributed by atoms with Crippen LogP contribution in [0.25, 0.3) is 0 Å². The van der Waals surface area contributed by atoms with Crippen molar-refractivity contribution in [3.63, 3.8) is 0 Å². The third-order valence-corrected chi connectivity index (χ3v) is 7.98. The number of carbonyl (C=O) groups is 1. The fourth-order valence-corrected chi connectivity index (χ4v) is 2.59. The van der Waals surface area contributed by atoms with Crippen LogP contribution in [-0.2, 0) is 9.22 Å². The van der Waals surface area contributed by atoms with E-state index >= 15 is 0 Å². The summed E-state index contributed by atoms with van der Waals surface area (Å²) in [4.78, 5) is 11.1. The summed E-state index contributed by atoms with van der Waals surface area (Å²) in [5, 5.41) is 0.135. The van der Waals surface area contributed by atoms with E-state index < -0.39 is 8.32 Å². The fraction of sp³-hybridized carbons (Fsp3) is 0.643. The topological polar surface area (TPSA) is 26.3 Å². The van der Waals surface area contributed by atoms with Crippen molar-refractivity contribution in [3.8, 4) is 0 Å². The highest BCUT2D eigenvalue weighted by Gasteiger charge is 2.39. The molecule has 0 heterocycles. The Morgan fingerprint density at radius 3 is 2.12 bits per heavy atom. The van der Waals surface area contributed by atoms with Crippen LogP contribution in [0.5, 0.6) is 0 Å². The van der Waals surface area contributed by atoms with E-state index in [4.69, 9.17) is 4.43 Å². The number of allylic oxidation sites excluding steroid dienone is 1. The summed E-state index contributed by atoms with van der Waals surface area (Å²) in [7, 11) is -1.86. The molecular formula is C14H26O2Si. The van der Waals surface area contributed by atoms with E-state index in [9.17, 15) is 4.79 Å². The molecule has 0 rings (SSSR count). The Morgan fingerprint density at radius 2 is 1.82 bits per heavy atom. The second kappa shape index (κ2) is 6.31. The Labute approximate surface area is 107 Å². The summed E-state index contributed by atoms with van der Waals surface area (Å²) >= 11 is 0. The van der Waals surface area contributed by atoms with Crippen LogP contribution in [0.2, 0.25) is 18.1 Å². The molecule has 0 saturated carbocycles. The SMILES string of the molecule is C=CCC(C=O)C(C=C)O[Si](C)(C)C(C)(C)C. The Hall–Kier alpha value is -0.673. The Balaban J connectivity index is 4.86. The van der Waals surface area contributed by atoms with Gasteiger partial charge in [-0.05, 0) is 24.6 Å². The molecule has 0 fully saturated rings. The van der Waals surface area contributed by atoms with Gasteiger partial charge in [0.1, 0.15) is 6.29 Å². The van der Waals surface area contributed by atoms with E-state index in [0.29, 0.717) is 6.42 Å². The lowest BCUT2D eigenvalue weighted by Gasteiger charge is -2.39. The zero-order valence-electron chi connectivity index (χ0n) is 11.8. The molecule has 0 aliphatic carbocycles. The molecule has 3 heteroatoms. The molecule has 98 valence electrons. The van der Waals surface area contributed by atoms with Gasteiger partial charge < -0.3 is 9.22 Å². The van der Waals surface area contributed by atoms with E-state index in [-0.39, 0.29) is 17.1 Å². The second-order valence-corrected chi connectivity index (χ2v) is 10.7. The summed E-state index contributed by atoms with van der Waals surface area (Å²) in [6.45, 7) is 18.4. The Kier molecular flexibility index (Phi) is 6.06. The summed E-state index contributed by atoms with van der Waals surface area (Å²) in [6.07, 6.45) is 4.87. The second-order valence-electron chi connectivity index (χ2n) is 5.90. The van der Waals surface area contributed by atoms with Gasteiger partial charge in [0, 0.05) is 5.92 Å². The van der Waals surface area contributed by atoms with Crippen LogP contribution in [0.1, 0.15) is 27.2 Å². The van der Waals surface area contributed by atoms with E-state index in [2.05, 4.69) is 47.0 Å². The van der Waals surface area contributed by atoms with Crippen molar-refractivity contribution in [1.29, 1.82) is 0 Å². The molecule has 0 N–H and O–H groups in total. The molecule has 0 spiro atoms. The van der Waals surface area contributed by atoms with Gasteiger partial charge >= 0.3 is 0 Å². The minimum atomic E-state index is -1.86. The predicted molar refractivity (Wildman–Crippen MR) is 76.6 cm³/mol. The van der Waals surface area contributed by atoms with Crippen molar-refractivity contribution >= 4 is 14.6 Å². The molecule has 0 aromatic rings. The molecule has 0 aromatic carbocycles. The average Bonchev–Trinajstić information content (AvgIpc) is 2.21. The third kappa shape index (κ3) is 4.60.